The van der Waals surface area contributed by atoms with Crippen molar-refractivity contribution in [3.8, 4) is 5.75 Å². The highest BCUT2D eigenvalue weighted by Crippen LogP contribution is 2.11. The predicted octanol–water partition coefficient (Wildman–Crippen LogP) is 5.81. The first-order valence-corrected chi connectivity index (χ1v) is 7.99. The van der Waals surface area contributed by atoms with E-state index >= 15 is 0 Å². The first-order chi connectivity index (χ1) is 10.3. The van der Waals surface area contributed by atoms with Gasteiger partial charge in [0.15, 0.2) is 0 Å². The predicted molar refractivity (Wildman–Crippen MR) is 92.0 cm³/mol. The Bertz CT molecular complexity index is 457. The Balaban J connectivity index is 0.000000383. The molecule has 1 heteroatoms. The smallest absolute Gasteiger partial charge is 0.119 e. The second-order valence-corrected chi connectivity index (χ2v) is 5.25. The van der Waals surface area contributed by atoms with E-state index in [1.54, 1.807) is 0 Å². The van der Waals surface area contributed by atoms with E-state index in [2.05, 4.69) is 57.2 Å². The molecule has 0 atom stereocenters. The summed E-state index contributed by atoms with van der Waals surface area (Å²) in [6.45, 7) is 7.23. The lowest BCUT2D eigenvalue weighted by atomic mass is 10.2. The third-order valence-electron chi connectivity index (χ3n) is 3.23. The molecule has 21 heavy (non-hydrogen) atoms. The van der Waals surface area contributed by atoms with E-state index in [9.17, 15) is 0 Å². The maximum Gasteiger partial charge on any atom is 0.119 e. The molecule has 2 aromatic rings. The highest BCUT2D eigenvalue weighted by Gasteiger charge is 1.94. The number of unbranched alkanes of at least 4 members (excludes halogenated alkanes) is 2. The van der Waals surface area contributed by atoms with Crippen LogP contribution < -0.4 is 4.74 Å². The molecule has 2 aromatic carbocycles. The fraction of sp³-hybridized carbons (Fsp3) is 0.400. The van der Waals surface area contributed by atoms with Crippen molar-refractivity contribution >= 4 is 0 Å². The Morgan fingerprint density at radius 3 is 1.95 bits per heavy atom. The van der Waals surface area contributed by atoms with Crippen LogP contribution in [0.3, 0.4) is 0 Å². The van der Waals surface area contributed by atoms with Crippen molar-refractivity contribution < 1.29 is 4.74 Å². The molecule has 0 radical (unpaired) electrons. The Morgan fingerprint density at radius 2 is 1.43 bits per heavy atom. The average Bonchev–Trinajstić information content (AvgIpc) is 2.52. The number of aryl methyl sites for hydroxylation is 1. The highest BCUT2D eigenvalue weighted by atomic mass is 16.5. The van der Waals surface area contributed by atoms with Crippen LogP contribution in [0.15, 0.2) is 54.6 Å². The summed E-state index contributed by atoms with van der Waals surface area (Å²) in [7, 11) is 0. The van der Waals surface area contributed by atoms with Crippen molar-refractivity contribution in [2.24, 2.45) is 0 Å². The summed E-state index contributed by atoms with van der Waals surface area (Å²) in [5.41, 5.74) is 2.57. The highest BCUT2D eigenvalue weighted by molar-refractivity contribution is 5.26. The molecule has 0 aromatic heterocycles. The number of benzene rings is 2. The summed E-state index contributed by atoms with van der Waals surface area (Å²) >= 11 is 0. The molecule has 0 unspecified atom stereocenters. The van der Waals surface area contributed by atoms with Crippen molar-refractivity contribution in [1.29, 1.82) is 0 Å². The van der Waals surface area contributed by atoms with Gasteiger partial charge in [0.25, 0.3) is 0 Å². The van der Waals surface area contributed by atoms with Gasteiger partial charge in [0.05, 0.1) is 6.61 Å². The topological polar surface area (TPSA) is 9.23 Å². The van der Waals surface area contributed by atoms with Crippen molar-refractivity contribution in [2.75, 3.05) is 6.61 Å². The van der Waals surface area contributed by atoms with Gasteiger partial charge in [-0.25, -0.2) is 0 Å². The molecule has 0 saturated carbocycles. The van der Waals surface area contributed by atoms with Crippen LogP contribution >= 0.6 is 0 Å². The molecule has 0 saturated heterocycles. The molecule has 2 rings (SSSR count). The van der Waals surface area contributed by atoms with Crippen molar-refractivity contribution in [1.82, 2.24) is 0 Å². The monoisotopic (exact) mass is 284 g/mol. The molecular weight excluding hydrogens is 256 g/mol. The first kappa shape index (κ1) is 17.3. The fourth-order valence-corrected chi connectivity index (χ4v) is 1.92. The van der Waals surface area contributed by atoms with Gasteiger partial charge in [0.1, 0.15) is 5.75 Å². The standard InChI is InChI=1S/C15H16O.C5H12/c1-13-7-9-15(10-8-13)16-12-11-14-5-3-2-4-6-14;1-3-5-4-2/h2-10H,11-12H2,1H3;3-5H2,1-2H3. The molecule has 114 valence electrons. The lowest BCUT2D eigenvalue weighted by Gasteiger charge is -2.06. The molecule has 1 nitrogen and oxygen atoms in total. The molecular formula is C20H28O. The second kappa shape index (κ2) is 11.0. The van der Waals surface area contributed by atoms with Crippen LogP contribution in [0, 0.1) is 6.92 Å². The number of hydrogen-bond acceptors (Lipinski definition) is 1. The van der Waals surface area contributed by atoms with Crippen LogP contribution in [0.1, 0.15) is 44.2 Å². The minimum atomic E-state index is 0.729. The van der Waals surface area contributed by atoms with Crippen LogP contribution in [0.2, 0.25) is 0 Å². The van der Waals surface area contributed by atoms with E-state index in [1.807, 2.05) is 18.2 Å². The van der Waals surface area contributed by atoms with Gasteiger partial charge >= 0.3 is 0 Å². The minimum Gasteiger partial charge on any atom is -0.493 e. The van der Waals surface area contributed by atoms with E-state index in [0.717, 1.165) is 18.8 Å². The van der Waals surface area contributed by atoms with Crippen LogP contribution in [-0.4, -0.2) is 6.61 Å². The Morgan fingerprint density at radius 1 is 0.810 bits per heavy atom. The average molecular weight is 284 g/mol. The largest absolute Gasteiger partial charge is 0.493 e. The minimum absolute atomic E-state index is 0.729. The lowest BCUT2D eigenvalue weighted by Crippen LogP contribution is -2.00. The summed E-state index contributed by atoms with van der Waals surface area (Å²) in [5, 5.41) is 0. The summed E-state index contributed by atoms with van der Waals surface area (Å²) in [4.78, 5) is 0. The summed E-state index contributed by atoms with van der Waals surface area (Å²) < 4.78 is 5.66. The Labute approximate surface area is 130 Å². The van der Waals surface area contributed by atoms with E-state index in [-0.39, 0.29) is 0 Å². The number of hydrogen-bond donors (Lipinski definition) is 0. The van der Waals surface area contributed by atoms with E-state index in [1.165, 1.54) is 30.4 Å². The summed E-state index contributed by atoms with van der Waals surface area (Å²) in [5.74, 6) is 0.946. The molecule has 0 fully saturated rings. The maximum atomic E-state index is 5.66. The number of ether oxygens (including phenoxy) is 1. The quantitative estimate of drug-likeness (QED) is 0.650. The fourth-order valence-electron chi connectivity index (χ4n) is 1.92. The number of rotatable bonds is 6. The zero-order valence-corrected chi connectivity index (χ0v) is 13.6. The summed E-state index contributed by atoms with van der Waals surface area (Å²) in [6, 6.07) is 18.6. The lowest BCUT2D eigenvalue weighted by molar-refractivity contribution is 0.322. The van der Waals surface area contributed by atoms with Gasteiger partial charge in [0.2, 0.25) is 0 Å². The van der Waals surface area contributed by atoms with Gasteiger partial charge in [-0.15, -0.1) is 0 Å². The van der Waals surface area contributed by atoms with Crippen LogP contribution in [0.4, 0.5) is 0 Å². The van der Waals surface area contributed by atoms with E-state index < -0.39 is 0 Å². The molecule has 0 spiro atoms. The Hall–Kier alpha value is -1.76. The van der Waals surface area contributed by atoms with Crippen molar-refractivity contribution in [2.45, 2.75) is 46.5 Å². The van der Waals surface area contributed by atoms with Gasteiger partial charge in [-0.1, -0.05) is 81.1 Å². The molecule has 0 aliphatic heterocycles. The second-order valence-electron chi connectivity index (χ2n) is 5.25. The third-order valence-corrected chi connectivity index (χ3v) is 3.23. The normalized spacial score (nSPS) is 9.67. The molecule has 0 bridgehead atoms. The van der Waals surface area contributed by atoms with Gasteiger partial charge in [-0.2, -0.15) is 0 Å². The maximum absolute atomic E-state index is 5.66. The van der Waals surface area contributed by atoms with Crippen LogP contribution in [-0.2, 0) is 6.42 Å². The molecule has 0 heterocycles. The van der Waals surface area contributed by atoms with Gasteiger partial charge in [-0.3, -0.25) is 0 Å². The zero-order valence-electron chi connectivity index (χ0n) is 13.6. The SMILES string of the molecule is CCCCC.Cc1ccc(OCCc2ccccc2)cc1. The van der Waals surface area contributed by atoms with Crippen molar-refractivity contribution in [3.63, 3.8) is 0 Å². The molecule has 0 aliphatic carbocycles. The van der Waals surface area contributed by atoms with E-state index in [4.69, 9.17) is 4.74 Å². The van der Waals surface area contributed by atoms with Crippen LogP contribution in [0.25, 0.3) is 0 Å². The summed E-state index contributed by atoms with van der Waals surface area (Å²) in [6.07, 6.45) is 5.03. The third kappa shape index (κ3) is 8.19. The van der Waals surface area contributed by atoms with Gasteiger partial charge < -0.3 is 4.74 Å². The van der Waals surface area contributed by atoms with Crippen LogP contribution in [0.5, 0.6) is 5.75 Å². The zero-order chi connectivity index (χ0) is 15.3. The molecule has 0 aliphatic rings. The van der Waals surface area contributed by atoms with Crippen molar-refractivity contribution in [3.05, 3.63) is 65.7 Å². The molecule has 0 amide bonds. The van der Waals surface area contributed by atoms with Gasteiger partial charge in [-0.05, 0) is 24.6 Å². The van der Waals surface area contributed by atoms with Gasteiger partial charge in [0, 0.05) is 6.42 Å². The first-order valence-electron chi connectivity index (χ1n) is 7.99. The molecule has 0 N–H and O–H groups in total. The Kier molecular flexibility index (Phi) is 9.03. The van der Waals surface area contributed by atoms with E-state index in [0.29, 0.717) is 0 Å².